The summed E-state index contributed by atoms with van der Waals surface area (Å²) in [6.07, 6.45) is -0.658. The molecule has 35 heavy (non-hydrogen) atoms. The van der Waals surface area contributed by atoms with Crippen molar-refractivity contribution in [1.82, 2.24) is 14.7 Å². The number of hydrogen-bond acceptors (Lipinski definition) is 6. The van der Waals surface area contributed by atoms with E-state index in [1.165, 1.54) is 6.07 Å². The molecule has 0 spiro atoms. The lowest BCUT2D eigenvalue weighted by Gasteiger charge is -2.25. The van der Waals surface area contributed by atoms with E-state index < -0.39 is 11.9 Å². The first kappa shape index (κ1) is 26.8. The first-order valence-electron chi connectivity index (χ1n) is 12.0. The molecular formula is C27H36FN3O4. The Morgan fingerprint density at radius 2 is 1.80 bits per heavy atom. The minimum atomic E-state index is -0.658. The minimum Gasteiger partial charge on any atom is -0.435 e. The number of hydrogen-bond donors (Lipinski definition) is 1. The fourth-order valence-electron chi connectivity index (χ4n) is 3.83. The van der Waals surface area contributed by atoms with Crippen molar-refractivity contribution < 1.29 is 23.7 Å². The van der Waals surface area contributed by atoms with Crippen molar-refractivity contribution in [3.8, 4) is 17.3 Å². The number of nitrogens with zero attached hydrogens (tertiary/aromatic N) is 3. The van der Waals surface area contributed by atoms with Crippen LogP contribution in [0.2, 0.25) is 0 Å². The van der Waals surface area contributed by atoms with Gasteiger partial charge in [-0.25, -0.2) is 9.07 Å². The van der Waals surface area contributed by atoms with Gasteiger partial charge in [-0.05, 0) is 37.1 Å². The average molecular weight is 486 g/mol. The second-order valence-corrected chi connectivity index (χ2v) is 8.64. The van der Waals surface area contributed by atoms with Crippen molar-refractivity contribution in [2.24, 2.45) is 0 Å². The highest BCUT2D eigenvalue weighted by atomic mass is 19.1. The van der Waals surface area contributed by atoms with Crippen molar-refractivity contribution >= 4 is 0 Å². The maximum Gasteiger partial charge on any atom is 0.227 e. The summed E-state index contributed by atoms with van der Waals surface area (Å²) in [6.45, 7) is 8.73. The van der Waals surface area contributed by atoms with E-state index in [1.807, 2.05) is 37.3 Å². The predicted molar refractivity (Wildman–Crippen MR) is 134 cm³/mol. The van der Waals surface area contributed by atoms with Crippen LogP contribution in [0.3, 0.4) is 0 Å². The molecule has 3 aromatic rings. The molecule has 1 N–H and O–H groups in total. The number of rotatable bonds is 14. The summed E-state index contributed by atoms with van der Waals surface area (Å²) >= 11 is 0. The topological polar surface area (TPSA) is 69.0 Å². The molecule has 0 aliphatic rings. The summed E-state index contributed by atoms with van der Waals surface area (Å²) in [7, 11) is 1.65. The van der Waals surface area contributed by atoms with E-state index in [2.05, 4.69) is 18.7 Å². The maximum atomic E-state index is 14.6. The van der Waals surface area contributed by atoms with Crippen molar-refractivity contribution in [3.63, 3.8) is 0 Å². The zero-order valence-corrected chi connectivity index (χ0v) is 21.0. The van der Waals surface area contributed by atoms with Gasteiger partial charge in [-0.15, -0.1) is 0 Å². The molecule has 0 aliphatic heterocycles. The second-order valence-electron chi connectivity index (χ2n) is 8.64. The summed E-state index contributed by atoms with van der Waals surface area (Å²) in [6, 6.07) is 16.0. The zero-order valence-electron chi connectivity index (χ0n) is 21.0. The molecule has 0 saturated heterocycles. The van der Waals surface area contributed by atoms with Crippen molar-refractivity contribution in [2.45, 2.75) is 39.3 Å². The third-order valence-electron chi connectivity index (χ3n) is 5.54. The van der Waals surface area contributed by atoms with Gasteiger partial charge in [-0.1, -0.05) is 44.2 Å². The third kappa shape index (κ3) is 7.35. The molecular weight excluding hydrogens is 449 g/mol. The monoisotopic (exact) mass is 485 g/mol. The van der Waals surface area contributed by atoms with Crippen molar-refractivity contribution in [3.05, 3.63) is 71.7 Å². The fraction of sp³-hybridized carbons (Fsp3) is 0.444. The molecule has 190 valence electrons. The summed E-state index contributed by atoms with van der Waals surface area (Å²) in [5.74, 6) is 0.219. The highest BCUT2D eigenvalue weighted by molar-refractivity contribution is 5.44. The summed E-state index contributed by atoms with van der Waals surface area (Å²) < 4.78 is 33.2. The molecule has 1 unspecified atom stereocenters. The van der Waals surface area contributed by atoms with Crippen LogP contribution < -0.4 is 4.74 Å². The van der Waals surface area contributed by atoms with E-state index in [0.717, 1.165) is 16.9 Å². The molecule has 1 atom stereocenters. The Hall–Kier alpha value is -2.78. The molecule has 0 saturated carbocycles. The molecule has 0 fully saturated rings. The smallest absolute Gasteiger partial charge is 0.227 e. The predicted octanol–water partition coefficient (Wildman–Crippen LogP) is 4.77. The van der Waals surface area contributed by atoms with Crippen LogP contribution in [-0.2, 0) is 16.0 Å². The van der Waals surface area contributed by atoms with Crippen LogP contribution in [-0.4, -0.2) is 65.9 Å². The maximum absolute atomic E-state index is 14.6. The SMILES string of the molecule is CCOCC(O)CN(CCOC)Cc1c(C(C)C)nn(-c2ccccc2)c1Oc1ccccc1F. The first-order valence-corrected chi connectivity index (χ1v) is 12.0. The summed E-state index contributed by atoms with van der Waals surface area (Å²) in [5.41, 5.74) is 2.50. The number of halogens is 1. The van der Waals surface area contributed by atoms with Crippen LogP contribution in [0, 0.1) is 5.82 Å². The Labute approximate surface area is 207 Å². The lowest BCUT2D eigenvalue weighted by atomic mass is 10.1. The van der Waals surface area contributed by atoms with Gasteiger partial charge in [-0.2, -0.15) is 5.10 Å². The number of aliphatic hydroxyl groups is 1. The van der Waals surface area contributed by atoms with E-state index in [4.69, 9.17) is 19.3 Å². The Balaban J connectivity index is 2.05. The van der Waals surface area contributed by atoms with E-state index in [9.17, 15) is 9.50 Å². The standard InChI is InChI=1S/C27H36FN3O4/c1-5-34-19-22(32)17-30(15-16-33-4)18-23-26(20(2)3)29-31(21-11-7-6-8-12-21)27(23)35-25-14-10-9-13-24(25)28/h6-14,20,22,32H,5,15-19H2,1-4H3. The molecule has 0 bridgehead atoms. The number of aromatic nitrogens is 2. The van der Waals surface area contributed by atoms with Gasteiger partial charge in [0, 0.05) is 33.4 Å². The molecule has 0 aliphatic carbocycles. The largest absolute Gasteiger partial charge is 0.435 e. The molecule has 2 aromatic carbocycles. The quantitative estimate of drug-likeness (QED) is 0.355. The lowest BCUT2D eigenvalue weighted by Crippen LogP contribution is -2.36. The van der Waals surface area contributed by atoms with Gasteiger partial charge in [-0.3, -0.25) is 4.90 Å². The van der Waals surface area contributed by atoms with E-state index >= 15 is 0 Å². The number of ether oxygens (including phenoxy) is 3. The molecule has 1 heterocycles. The van der Waals surface area contributed by atoms with Crippen LogP contribution >= 0.6 is 0 Å². The highest BCUT2D eigenvalue weighted by Crippen LogP contribution is 2.35. The molecule has 8 heteroatoms. The molecule has 1 aromatic heterocycles. The highest BCUT2D eigenvalue weighted by Gasteiger charge is 2.26. The van der Waals surface area contributed by atoms with Crippen LogP contribution in [0.1, 0.15) is 37.9 Å². The van der Waals surface area contributed by atoms with Crippen LogP contribution in [0.25, 0.3) is 5.69 Å². The fourth-order valence-corrected chi connectivity index (χ4v) is 3.83. The van der Waals surface area contributed by atoms with Gasteiger partial charge >= 0.3 is 0 Å². The van der Waals surface area contributed by atoms with E-state index in [1.54, 1.807) is 30.0 Å². The average Bonchev–Trinajstić information content (AvgIpc) is 3.21. The van der Waals surface area contributed by atoms with Gasteiger partial charge in [0.15, 0.2) is 11.6 Å². The zero-order chi connectivity index (χ0) is 25.2. The summed E-state index contributed by atoms with van der Waals surface area (Å²) in [4.78, 5) is 2.08. The van der Waals surface area contributed by atoms with E-state index in [0.29, 0.717) is 38.7 Å². The Bertz CT molecular complexity index is 1040. The van der Waals surface area contributed by atoms with Crippen LogP contribution in [0.5, 0.6) is 11.6 Å². The molecule has 0 amide bonds. The Morgan fingerprint density at radius 1 is 1.09 bits per heavy atom. The number of para-hydroxylation sites is 2. The van der Waals surface area contributed by atoms with Gasteiger partial charge in [0.1, 0.15) is 0 Å². The van der Waals surface area contributed by atoms with Crippen LogP contribution in [0.15, 0.2) is 54.6 Å². The van der Waals surface area contributed by atoms with E-state index in [-0.39, 0.29) is 18.3 Å². The molecule has 3 rings (SSSR count). The Morgan fingerprint density at radius 3 is 2.46 bits per heavy atom. The Kier molecular flexibility index (Phi) is 10.2. The first-order chi connectivity index (χ1) is 16.9. The molecule has 7 nitrogen and oxygen atoms in total. The number of benzene rings is 2. The summed E-state index contributed by atoms with van der Waals surface area (Å²) in [5, 5.41) is 15.4. The van der Waals surface area contributed by atoms with Crippen molar-refractivity contribution in [1.29, 1.82) is 0 Å². The van der Waals surface area contributed by atoms with Gasteiger partial charge in [0.25, 0.3) is 0 Å². The second kappa shape index (κ2) is 13.3. The third-order valence-corrected chi connectivity index (χ3v) is 5.54. The number of aliphatic hydroxyl groups excluding tert-OH is 1. The van der Waals surface area contributed by atoms with Crippen molar-refractivity contribution in [2.75, 3.05) is 40.0 Å². The van der Waals surface area contributed by atoms with Gasteiger partial charge < -0.3 is 19.3 Å². The van der Waals surface area contributed by atoms with Gasteiger partial charge in [0.2, 0.25) is 5.88 Å². The lowest BCUT2D eigenvalue weighted by molar-refractivity contribution is 0.0147. The normalized spacial score (nSPS) is 12.5. The minimum absolute atomic E-state index is 0.0931. The number of methoxy groups -OCH3 is 1. The molecule has 0 radical (unpaired) electrons. The van der Waals surface area contributed by atoms with Crippen LogP contribution in [0.4, 0.5) is 4.39 Å². The van der Waals surface area contributed by atoms with Gasteiger partial charge in [0.05, 0.1) is 36.3 Å².